The minimum Gasteiger partial charge on any atom is -0.493 e. The van der Waals surface area contributed by atoms with Crippen LogP contribution in [-0.4, -0.2) is 48.6 Å². The zero-order valence-corrected chi connectivity index (χ0v) is 21.2. The highest BCUT2D eigenvalue weighted by Gasteiger charge is 2.14. The van der Waals surface area contributed by atoms with E-state index < -0.39 is 6.03 Å². The van der Waals surface area contributed by atoms with E-state index in [9.17, 15) is 4.79 Å². The lowest BCUT2D eigenvalue weighted by atomic mass is 10.2. The zero-order chi connectivity index (χ0) is 25.5. The van der Waals surface area contributed by atoms with E-state index in [1.807, 2.05) is 44.2 Å². The number of hydrogen-bond acceptors (Lipinski definition) is 9. The standard InChI is InChI=1S/C25H27N5O5S/c1-15(2)20-13-23(30-35-20)29-25(31)28-16-6-5-7-17(10-16)36-24-18-11-21(33-4)22(34-9-8-32-3)12-19(18)26-14-27-24/h5-7,10-15H,8-9H2,1-4H3,(H2,28,29,30,31). The van der Waals surface area contributed by atoms with Gasteiger partial charge in [-0.2, -0.15) is 0 Å². The van der Waals surface area contributed by atoms with Crippen LogP contribution in [0.2, 0.25) is 0 Å². The molecule has 10 nitrogen and oxygen atoms in total. The number of aromatic nitrogens is 3. The third kappa shape index (κ3) is 6.23. The van der Waals surface area contributed by atoms with Crippen LogP contribution in [0.25, 0.3) is 10.9 Å². The van der Waals surface area contributed by atoms with E-state index in [0.29, 0.717) is 42.0 Å². The third-order valence-corrected chi connectivity index (χ3v) is 6.08. The quantitative estimate of drug-likeness (QED) is 0.209. The lowest BCUT2D eigenvalue weighted by Crippen LogP contribution is -2.19. The first-order valence-corrected chi connectivity index (χ1v) is 12.1. The molecule has 2 aromatic heterocycles. The molecule has 2 N–H and O–H groups in total. The van der Waals surface area contributed by atoms with Crippen molar-refractivity contribution in [2.75, 3.05) is 38.1 Å². The fraction of sp³-hybridized carbons (Fsp3) is 0.280. The van der Waals surface area contributed by atoms with Gasteiger partial charge in [0.2, 0.25) is 0 Å². The van der Waals surface area contributed by atoms with Crippen molar-refractivity contribution in [2.24, 2.45) is 0 Å². The highest BCUT2D eigenvalue weighted by molar-refractivity contribution is 7.99. The van der Waals surface area contributed by atoms with Crippen molar-refractivity contribution in [3.8, 4) is 11.5 Å². The predicted molar refractivity (Wildman–Crippen MR) is 137 cm³/mol. The number of benzene rings is 2. The molecule has 2 aromatic carbocycles. The second-order valence-corrected chi connectivity index (χ2v) is 9.08. The highest BCUT2D eigenvalue weighted by atomic mass is 32.2. The number of rotatable bonds is 10. The van der Waals surface area contributed by atoms with Gasteiger partial charge in [0.1, 0.15) is 23.7 Å². The molecule has 4 rings (SSSR count). The van der Waals surface area contributed by atoms with Gasteiger partial charge < -0.3 is 24.1 Å². The second kappa shape index (κ2) is 11.7. The van der Waals surface area contributed by atoms with Crippen molar-refractivity contribution in [2.45, 2.75) is 29.7 Å². The maximum absolute atomic E-state index is 12.4. The molecule has 0 atom stereocenters. The van der Waals surface area contributed by atoms with E-state index in [4.69, 9.17) is 18.7 Å². The summed E-state index contributed by atoms with van der Waals surface area (Å²) in [5, 5.41) is 10.9. The SMILES string of the molecule is COCCOc1cc2ncnc(Sc3cccc(NC(=O)Nc4cc(C(C)C)on4)c3)c2cc1OC. The Morgan fingerprint density at radius 3 is 2.67 bits per heavy atom. The first kappa shape index (κ1) is 25.3. The summed E-state index contributed by atoms with van der Waals surface area (Å²) < 4.78 is 21.6. The van der Waals surface area contributed by atoms with Crippen molar-refractivity contribution in [1.29, 1.82) is 0 Å². The maximum Gasteiger partial charge on any atom is 0.324 e. The molecule has 0 unspecified atom stereocenters. The number of fused-ring (bicyclic) bond motifs is 1. The van der Waals surface area contributed by atoms with Crippen LogP contribution in [0.3, 0.4) is 0 Å². The number of hydrogen-bond donors (Lipinski definition) is 2. The van der Waals surface area contributed by atoms with E-state index in [0.717, 1.165) is 20.8 Å². The van der Waals surface area contributed by atoms with Gasteiger partial charge in [0, 0.05) is 41.1 Å². The summed E-state index contributed by atoms with van der Waals surface area (Å²) in [4.78, 5) is 22.2. The number of amides is 2. The van der Waals surface area contributed by atoms with E-state index >= 15 is 0 Å². The number of urea groups is 1. The number of carbonyl (C=O) groups excluding carboxylic acids is 1. The number of ether oxygens (including phenoxy) is 3. The molecule has 2 heterocycles. The molecule has 0 aliphatic carbocycles. The summed E-state index contributed by atoms with van der Waals surface area (Å²) in [6.07, 6.45) is 1.51. The molecule has 0 fully saturated rings. The number of carbonyl (C=O) groups is 1. The van der Waals surface area contributed by atoms with Crippen LogP contribution < -0.4 is 20.1 Å². The van der Waals surface area contributed by atoms with Crippen LogP contribution in [-0.2, 0) is 4.74 Å². The Hall–Kier alpha value is -3.83. The molecule has 2 amide bonds. The number of methoxy groups -OCH3 is 2. The molecule has 0 aliphatic heterocycles. The van der Waals surface area contributed by atoms with E-state index in [1.165, 1.54) is 18.1 Å². The Morgan fingerprint density at radius 2 is 1.92 bits per heavy atom. The molecule has 0 aliphatic rings. The number of anilines is 2. The lowest BCUT2D eigenvalue weighted by molar-refractivity contribution is 0.144. The summed E-state index contributed by atoms with van der Waals surface area (Å²) in [7, 11) is 3.21. The topological polar surface area (TPSA) is 121 Å². The summed E-state index contributed by atoms with van der Waals surface area (Å²) in [6, 6.07) is 12.4. The van der Waals surface area contributed by atoms with Crippen LogP contribution >= 0.6 is 11.8 Å². The van der Waals surface area contributed by atoms with E-state index in [1.54, 1.807) is 26.4 Å². The monoisotopic (exact) mass is 509 g/mol. The van der Waals surface area contributed by atoms with Crippen LogP contribution in [0.4, 0.5) is 16.3 Å². The van der Waals surface area contributed by atoms with Gasteiger partial charge in [-0.15, -0.1) is 0 Å². The average Bonchev–Trinajstić information content (AvgIpc) is 3.33. The summed E-state index contributed by atoms with van der Waals surface area (Å²) in [5.41, 5.74) is 1.35. The molecule has 0 radical (unpaired) electrons. The minimum absolute atomic E-state index is 0.178. The Balaban J connectivity index is 1.49. The Bertz CT molecular complexity index is 1340. The fourth-order valence-electron chi connectivity index (χ4n) is 3.28. The van der Waals surface area contributed by atoms with Crippen molar-refractivity contribution in [3.05, 3.63) is 54.6 Å². The molecular formula is C25H27N5O5S. The van der Waals surface area contributed by atoms with Gasteiger partial charge in [0.05, 0.1) is 19.2 Å². The second-order valence-electron chi connectivity index (χ2n) is 8.02. The van der Waals surface area contributed by atoms with Crippen LogP contribution in [0.5, 0.6) is 11.5 Å². The summed E-state index contributed by atoms with van der Waals surface area (Å²) in [5.74, 6) is 2.40. The van der Waals surface area contributed by atoms with Crippen molar-refractivity contribution >= 4 is 40.2 Å². The summed E-state index contributed by atoms with van der Waals surface area (Å²) in [6.45, 7) is 4.83. The Labute approximate surface area is 212 Å². The van der Waals surface area contributed by atoms with E-state index in [2.05, 4.69) is 25.8 Å². The van der Waals surface area contributed by atoms with E-state index in [-0.39, 0.29) is 5.92 Å². The average molecular weight is 510 g/mol. The number of nitrogens with one attached hydrogen (secondary N) is 2. The third-order valence-electron chi connectivity index (χ3n) is 5.07. The fourth-order valence-corrected chi connectivity index (χ4v) is 4.21. The maximum atomic E-state index is 12.4. The van der Waals surface area contributed by atoms with Gasteiger partial charge in [0.25, 0.3) is 0 Å². The van der Waals surface area contributed by atoms with Gasteiger partial charge in [-0.1, -0.05) is 36.8 Å². The molecule has 0 saturated carbocycles. The summed E-state index contributed by atoms with van der Waals surface area (Å²) >= 11 is 1.45. The molecule has 0 bridgehead atoms. The molecule has 0 saturated heterocycles. The Morgan fingerprint density at radius 1 is 1.06 bits per heavy atom. The highest BCUT2D eigenvalue weighted by Crippen LogP contribution is 2.37. The molecule has 0 spiro atoms. The van der Waals surface area contributed by atoms with Gasteiger partial charge in [-0.25, -0.2) is 14.8 Å². The van der Waals surface area contributed by atoms with Crippen molar-refractivity contribution in [3.63, 3.8) is 0 Å². The van der Waals surface area contributed by atoms with Gasteiger partial charge in [0.15, 0.2) is 17.3 Å². The molecule has 11 heteroatoms. The predicted octanol–water partition coefficient (Wildman–Crippen LogP) is 5.57. The van der Waals surface area contributed by atoms with Crippen LogP contribution in [0.1, 0.15) is 25.5 Å². The van der Waals surface area contributed by atoms with Crippen LogP contribution in [0, 0.1) is 0 Å². The van der Waals surface area contributed by atoms with Crippen molar-refractivity contribution in [1.82, 2.24) is 15.1 Å². The van der Waals surface area contributed by atoms with Gasteiger partial charge in [-0.3, -0.25) is 5.32 Å². The van der Waals surface area contributed by atoms with Gasteiger partial charge in [-0.05, 0) is 24.3 Å². The molecule has 4 aromatic rings. The number of nitrogens with zero attached hydrogens (tertiary/aromatic N) is 3. The normalized spacial score (nSPS) is 11.0. The lowest BCUT2D eigenvalue weighted by Gasteiger charge is -2.13. The molecule has 188 valence electrons. The zero-order valence-electron chi connectivity index (χ0n) is 20.4. The van der Waals surface area contributed by atoms with Crippen LogP contribution in [0.15, 0.2) is 63.2 Å². The molecular weight excluding hydrogens is 482 g/mol. The Kier molecular flexibility index (Phi) is 8.24. The van der Waals surface area contributed by atoms with Crippen molar-refractivity contribution < 1.29 is 23.5 Å². The molecule has 36 heavy (non-hydrogen) atoms. The minimum atomic E-state index is -0.418. The van der Waals surface area contributed by atoms with Gasteiger partial charge >= 0.3 is 6.03 Å². The smallest absolute Gasteiger partial charge is 0.324 e. The first-order chi connectivity index (χ1) is 17.5. The largest absolute Gasteiger partial charge is 0.493 e. The first-order valence-electron chi connectivity index (χ1n) is 11.2.